The number of benzene rings is 7. The maximum atomic E-state index is 6.55. The molecule has 0 unspecified atom stereocenters. The molecule has 0 amide bonds. The van der Waals surface area contributed by atoms with Gasteiger partial charge in [0, 0.05) is 33.4 Å². The molecule has 0 N–H and O–H groups in total. The molecule has 3 heteroatoms. The van der Waals surface area contributed by atoms with Crippen molar-refractivity contribution in [3.05, 3.63) is 152 Å². The quantitative estimate of drug-likeness (QED) is 0.189. The van der Waals surface area contributed by atoms with E-state index in [-0.39, 0.29) is 0 Å². The van der Waals surface area contributed by atoms with Crippen LogP contribution in [0, 0.1) is 0 Å². The van der Waals surface area contributed by atoms with Crippen LogP contribution >= 0.6 is 0 Å². The Morgan fingerprint density at radius 3 is 2.02 bits per heavy atom. The lowest BCUT2D eigenvalue weighted by Gasteiger charge is -2.27. The van der Waals surface area contributed by atoms with E-state index in [0.29, 0.717) is 0 Å². The summed E-state index contributed by atoms with van der Waals surface area (Å²) >= 11 is 0. The molecule has 2 nitrogen and oxygen atoms in total. The molecule has 0 radical (unpaired) electrons. The van der Waals surface area contributed by atoms with Gasteiger partial charge in [-0.1, -0.05) is 122 Å². The van der Waals surface area contributed by atoms with E-state index < -0.39 is 8.07 Å². The van der Waals surface area contributed by atoms with Crippen molar-refractivity contribution in [3.8, 4) is 22.3 Å². The van der Waals surface area contributed by atoms with Crippen molar-refractivity contribution in [2.24, 2.45) is 0 Å². The molecule has 0 aliphatic carbocycles. The summed E-state index contributed by atoms with van der Waals surface area (Å²) in [5, 5.41) is 7.82. The van der Waals surface area contributed by atoms with E-state index in [1.54, 1.807) is 0 Å². The van der Waals surface area contributed by atoms with Gasteiger partial charge in [-0.15, -0.1) is 0 Å². The maximum Gasteiger partial charge on any atom is 0.143 e. The SMILES string of the molecule is C[Si]1(C)c2cc(N(c3ccccc3)c3ccc(-c4cccc5ccccc45)cc3)ccc2-c2c1ccc1c2oc2ccccc21. The molecule has 0 saturated carbocycles. The molecule has 214 valence electrons. The third-order valence-electron chi connectivity index (χ3n) is 9.66. The Morgan fingerprint density at radius 2 is 1.18 bits per heavy atom. The van der Waals surface area contributed by atoms with Crippen LogP contribution in [0.2, 0.25) is 13.1 Å². The van der Waals surface area contributed by atoms with Crippen LogP contribution < -0.4 is 15.3 Å². The molecular formula is C42H31NOSi. The molecule has 1 aromatic heterocycles. The third kappa shape index (κ3) is 3.94. The van der Waals surface area contributed by atoms with E-state index in [2.05, 4.69) is 170 Å². The highest BCUT2D eigenvalue weighted by atomic mass is 28.3. The number of anilines is 3. The summed E-state index contributed by atoms with van der Waals surface area (Å²) in [6.07, 6.45) is 0. The van der Waals surface area contributed by atoms with Crippen molar-refractivity contribution in [2.75, 3.05) is 4.90 Å². The van der Waals surface area contributed by atoms with Crippen LogP contribution in [0.1, 0.15) is 0 Å². The lowest BCUT2D eigenvalue weighted by molar-refractivity contribution is 0.670. The average molecular weight is 594 g/mol. The first-order valence-electron chi connectivity index (χ1n) is 15.6. The van der Waals surface area contributed by atoms with Gasteiger partial charge in [-0.25, -0.2) is 0 Å². The minimum atomic E-state index is -1.99. The summed E-state index contributed by atoms with van der Waals surface area (Å²) in [4.78, 5) is 2.39. The molecule has 2 heterocycles. The van der Waals surface area contributed by atoms with E-state index in [4.69, 9.17) is 4.42 Å². The zero-order valence-electron chi connectivity index (χ0n) is 25.3. The second-order valence-electron chi connectivity index (χ2n) is 12.6. The van der Waals surface area contributed by atoms with Crippen LogP contribution in [-0.2, 0) is 0 Å². The van der Waals surface area contributed by atoms with Crippen LogP contribution in [0.5, 0.6) is 0 Å². The van der Waals surface area contributed by atoms with Crippen LogP contribution in [0.4, 0.5) is 17.1 Å². The summed E-state index contributed by atoms with van der Waals surface area (Å²) in [5.74, 6) is 0. The molecule has 1 aliphatic rings. The number of fused-ring (bicyclic) bond motifs is 8. The lowest BCUT2D eigenvalue weighted by Crippen LogP contribution is -2.49. The topological polar surface area (TPSA) is 16.4 Å². The summed E-state index contributed by atoms with van der Waals surface area (Å²) < 4.78 is 6.55. The Balaban J connectivity index is 1.18. The molecule has 7 aromatic carbocycles. The zero-order chi connectivity index (χ0) is 30.1. The van der Waals surface area contributed by atoms with Crippen LogP contribution in [0.3, 0.4) is 0 Å². The van der Waals surface area contributed by atoms with Gasteiger partial charge in [-0.05, 0) is 80.3 Å². The Labute approximate surface area is 263 Å². The van der Waals surface area contributed by atoms with E-state index in [1.807, 2.05) is 0 Å². The van der Waals surface area contributed by atoms with Crippen molar-refractivity contribution in [1.82, 2.24) is 0 Å². The Hall–Kier alpha value is -5.38. The van der Waals surface area contributed by atoms with Crippen molar-refractivity contribution < 1.29 is 4.42 Å². The molecule has 45 heavy (non-hydrogen) atoms. The number of para-hydroxylation sites is 2. The highest BCUT2D eigenvalue weighted by Gasteiger charge is 2.40. The summed E-state index contributed by atoms with van der Waals surface area (Å²) in [6, 6.07) is 55.0. The molecular weight excluding hydrogens is 563 g/mol. The summed E-state index contributed by atoms with van der Waals surface area (Å²) in [7, 11) is -1.99. The van der Waals surface area contributed by atoms with Crippen LogP contribution in [-0.4, -0.2) is 8.07 Å². The Morgan fingerprint density at radius 1 is 0.489 bits per heavy atom. The van der Waals surface area contributed by atoms with E-state index >= 15 is 0 Å². The fourth-order valence-corrected chi connectivity index (χ4v) is 10.5. The summed E-state index contributed by atoms with van der Waals surface area (Å²) in [6.45, 7) is 4.95. The summed E-state index contributed by atoms with van der Waals surface area (Å²) in [5.41, 5.74) is 10.5. The minimum Gasteiger partial charge on any atom is -0.455 e. The van der Waals surface area contributed by atoms with Gasteiger partial charge >= 0.3 is 0 Å². The fourth-order valence-electron chi connectivity index (χ4n) is 7.42. The predicted molar refractivity (Wildman–Crippen MR) is 194 cm³/mol. The van der Waals surface area contributed by atoms with Gasteiger partial charge in [0.2, 0.25) is 0 Å². The first kappa shape index (κ1) is 26.1. The minimum absolute atomic E-state index is 0.952. The van der Waals surface area contributed by atoms with Gasteiger partial charge in [0.05, 0.1) is 0 Å². The highest BCUT2D eigenvalue weighted by Crippen LogP contribution is 2.42. The van der Waals surface area contributed by atoms with Gasteiger partial charge in [-0.2, -0.15) is 0 Å². The molecule has 1 aliphatic heterocycles. The smallest absolute Gasteiger partial charge is 0.143 e. The third-order valence-corrected chi connectivity index (χ3v) is 13.2. The standard InChI is InChI=1S/C42H31NOSi/c1-45(2)39-26-25-36-35-16-8-9-18-38(35)44-42(36)41(39)37-24-23-32(27-40(37)45)43(30-13-4-3-5-14-30)31-21-19-29(20-22-31)34-17-10-12-28-11-6-7-15-33(28)34/h3-27H,1-2H3. The first-order valence-corrected chi connectivity index (χ1v) is 18.6. The molecule has 0 spiro atoms. The van der Waals surface area contributed by atoms with E-state index in [9.17, 15) is 0 Å². The molecule has 8 aromatic rings. The number of hydrogen-bond acceptors (Lipinski definition) is 2. The van der Waals surface area contributed by atoms with Crippen molar-refractivity contribution in [3.63, 3.8) is 0 Å². The normalized spacial score (nSPS) is 13.3. The van der Waals surface area contributed by atoms with E-state index in [0.717, 1.165) is 22.5 Å². The first-order chi connectivity index (χ1) is 22.1. The number of nitrogens with zero attached hydrogens (tertiary/aromatic N) is 1. The van der Waals surface area contributed by atoms with Crippen molar-refractivity contribution in [1.29, 1.82) is 0 Å². The largest absolute Gasteiger partial charge is 0.455 e. The van der Waals surface area contributed by atoms with Gasteiger partial charge < -0.3 is 9.32 Å². The molecule has 0 fully saturated rings. The molecule has 0 saturated heterocycles. The van der Waals surface area contributed by atoms with Crippen LogP contribution in [0.25, 0.3) is 55.0 Å². The fraction of sp³-hybridized carbons (Fsp3) is 0.0476. The molecule has 0 bridgehead atoms. The maximum absolute atomic E-state index is 6.55. The Kier molecular flexibility index (Phi) is 5.68. The number of furan rings is 1. The Bertz CT molecular complexity index is 2400. The highest BCUT2D eigenvalue weighted by molar-refractivity contribution is 7.04. The molecule has 9 rings (SSSR count). The number of rotatable bonds is 4. The average Bonchev–Trinajstić information content (AvgIpc) is 3.58. The van der Waals surface area contributed by atoms with Crippen LogP contribution in [0.15, 0.2) is 156 Å². The van der Waals surface area contributed by atoms with Crippen molar-refractivity contribution >= 4 is 68.2 Å². The predicted octanol–water partition coefficient (Wildman–Crippen LogP) is 10.7. The monoisotopic (exact) mass is 593 g/mol. The molecule has 0 atom stereocenters. The van der Waals surface area contributed by atoms with Crippen molar-refractivity contribution in [2.45, 2.75) is 13.1 Å². The van der Waals surface area contributed by atoms with E-state index in [1.165, 1.54) is 59.9 Å². The van der Waals surface area contributed by atoms with Gasteiger partial charge in [0.15, 0.2) is 0 Å². The second kappa shape index (κ2) is 9.81. The zero-order valence-corrected chi connectivity index (χ0v) is 26.3. The lowest BCUT2D eigenvalue weighted by atomic mass is 9.98. The second-order valence-corrected chi connectivity index (χ2v) is 16.9. The van der Waals surface area contributed by atoms with Gasteiger partial charge in [-0.3, -0.25) is 0 Å². The van der Waals surface area contributed by atoms with Gasteiger partial charge in [0.25, 0.3) is 0 Å². The van der Waals surface area contributed by atoms with Gasteiger partial charge in [0.1, 0.15) is 19.2 Å². The number of hydrogen-bond donors (Lipinski definition) is 0.